The minimum atomic E-state index is -3.26. The SMILES string of the molecule is NC(=O)[C@H](C(=O)Nc1ccc(N2CCOCC2=O)cc1OC(F)F)N(CC(F)F)CC1CCC1. The third-order valence-corrected chi connectivity index (χ3v) is 5.71. The number of nitrogens with one attached hydrogen (secondary N) is 1. The van der Waals surface area contributed by atoms with E-state index in [1.807, 2.05) is 0 Å². The van der Waals surface area contributed by atoms with Crippen LogP contribution >= 0.6 is 0 Å². The number of carbonyl (C=O) groups excluding carboxylic acids is 3. The predicted octanol–water partition coefficient (Wildman–Crippen LogP) is 1.81. The number of carbonyl (C=O) groups is 3. The second kappa shape index (κ2) is 11.5. The van der Waals surface area contributed by atoms with Crippen LogP contribution in [0.2, 0.25) is 0 Å². The smallest absolute Gasteiger partial charge is 0.387 e. The van der Waals surface area contributed by atoms with E-state index < -0.39 is 49.1 Å². The molecule has 3 amide bonds. The lowest BCUT2D eigenvalue weighted by Gasteiger charge is -2.35. The monoisotopic (exact) mass is 490 g/mol. The number of nitrogens with zero attached hydrogens (tertiary/aromatic N) is 2. The Morgan fingerprint density at radius 1 is 1.26 bits per heavy atom. The van der Waals surface area contributed by atoms with Crippen molar-refractivity contribution in [3.05, 3.63) is 18.2 Å². The van der Waals surface area contributed by atoms with E-state index in [1.165, 1.54) is 17.0 Å². The fourth-order valence-corrected chi connectivity index (χ4v) is 3.91. The van der Waals surface area contributed by atoms with Crippen LogP contribution in [-0.4, -0.2) is 74.5 Å². The molecule has 1 atom stereocenters. The molecule has 1 aromatic carbocycles. The Labute approximate surface area is 193 Å². The van der Waals surface area contributed by atoms with Gasteiger partial charge in [0.15, 0.2) is 11.8 Å². The Hall–Kier alpha value is -2.93. The fourth-order valence-electron chi connectivity index (χ4n) is 3.91. The molecule has 13 heteroatoms. The van der Waals surface area contributed by atoms with Gasteiger partial charge in [0.1, 0.15) is 6.61 Å². The van der Waals surface area contributed by atoms with Crippen molar-refractivity contribution in [2.24, 2.45) is 11.7 Å². The van der Waals surface area contributed by atoms with Gasteiger partial charge in [-0.05, 0) is 30.9 Å². The van der Waals surface area contributed by atoms with Crippen molar-refractivity contribution in [3.63, 3.8) is 0 Å². The maximum atomic E-state index is 13.2. The third-order valence-electron chi connectivity index (χ3n) is 5.71. The normalized spacial score (nSPS) is 17.7. The van der Waals surface area contributed by atoms with Gasteiger partial charge in [0.05, 0.1) is 18.8 Å². The zero-order valence-corrected chi connectivity index (χ0v) is 18.2. The minimum Gasteiger partial charge on any atom is -0.433 e. The quantitative estimate of drug-likeness (QED) is 0.361. The molecule has 0 spiro atoms. The minimum absolute atomic E-state index is 0.0523. The summed E-state index contributed by atoms with van der Waals surface area (Å²) >= 11 is 0. The molecule has 1 saturated heterocycles. The first-order valence-electron chi connectivity index (χ1n) is 10.7. The summed E-state index contributed by atoms with van der Waals surface area (Å²) in [5.41, 5.74) is 5.36. The highest BCUT2D eigenvalue weighted by Crippen LogP contribution is 2.33. The first-order valence-corrected chi connectivity index (χ1v) is 10.7. The van der Waals surface area contributed by atoms with Gasteiger partial charge in [0, 0.05) is 24.8 Å². The van der Waals surface area contributed by atoms with Gasteiger partial charge in [-0.1, -0.05) is 6.42 Å². The van der Waals surface area contributed by atoms with Crippen molar-refractivity contribution in [3.8, 4) is 5.75 Å². The van der Waals surface area contributed by atoms with Gasteiger partial charge in [-0.3, -0.25) is 19.3 Å². The summed E-state index contributed by atoms with van der Waals surface area (Å²) in [4.78, 5) is 39.4. The summed E-state index contributed by atoms with van der Waals surface area (Å²) in [6.07, 6.45) is -0.341. The Kier molecular flexibility index (Phi) is 8.67. The van der Waals surface area contributed by atoms with Crippen molar-refractivity contribution in [2.75, 3.05) is 43.1 Å². The van der Waals surface area contributed by atoms with Gasteiger partial charge >= 0.3 is 6.61 Å². The molecule has 2 fully saturated rings. The molecular weight excluding hydrogens is 464 g/mol. The molecule has 1 saturated carbocycles. The summed E-state index contributed by atoms with van der Waals surface area (Å²) in [5, 5.41) is 2.29. The second-order valence-electron chi connectivity index (χ2n) is 8.09. The van der Waals surface area contributed by atoms with Crippen molar-refractivity contribution in [2.45, 2.75) is 38.3 Å². The van der Waals surface area contributed by atoms with Crippen LogP contribution in [0.25, 0.3) is 0 Å². The molecule has 9 nitrogen and oxygen atoms in total. The summed E-state index contributed by atoms with van der Waals surface area (Å²) in [7, 11) is 0. The van der Waals surface area contributed by atoms with Crippen molar-refractivity contribution in [1.29, 1.82) is 0 Å². The van der Waals surface area contributed by atoms with Gasteiger partial charge in [-0.15, -0.1) is 0 Å². The summed E-state index contributed by atoms with van der Waals surface area (Å²) in [6.45, 7) is -3.78. The number of nitrogens with two attached hydrogens (primary N) is 1. The molecule has 188 valence electrons. The predicted molar refractivity (Wildman–Crippen MR) is 113 cm³/mol. The molecule has 3 rings (SSSR count). The number of rotatable bonds is 11. The van der Waals surface area contributed by atoms with E-state index in [2.05, 4.69) is 10.1 Å². The maximum Gasteiger partial charge on any atom is 0.387 e. The van der Waals surface area contributed by atoms with Gasteiger partial charge < -0.3 is 25.4 Å². The van der Waals surface area contributed by atoms with E-state index in [-0.39, 0.29) is 43.6 Å². The van der Waals surface area contributed by atoms with E-state index in [9.17, 15) is 31.9 Å². The number of hydrogen-bond acceptors (Lipinski definition) is 6. The largest absolute Gasteiger partial charge is 0.433 e. The molecule has 1 aliphatic heterocycles. The van der Waals surface area contributed by atoms with Crippen LogP contribution in [0.15, 0.2) is 18.2 Å². The number of amides is 3. The number of alkyl halides is 4. The number of hydrogen-bond donors (Lipinski definition) is 2. The van der Waals surface area contributed by atoms with Crippen LogP contribution in [0.1, 0.15) is 19.3 Å². The highest BCUT2D eigenvalue weighted by Gasteiger charge is 2.36. The number of benzene rings is 1. The molecule has 34 heavy (non-hydrogen) atoms. The summed E-state index contributed by atoms with van der Waals surface area (Å²) in [5.74, 6) is -3.01. The average molecular weight is 490 g/mol. The first kappa shape index (κ1) is 25.7. The highest BCUT2D eigenvalue weighted by atomic mass is 19.3. The number of morpholine rings is 1. The fraction of sp³-hybridized carbons (Fsp3) is 0.571. The van der Waals surface area contributed by atoms with E-state index in [1.54, 1.807) is 0 Å². The van der Waals surface area contributed by atoms with Gasteiger partial charge in [0.25, 0.3) is 18.2 Å². The lowest BCUT2D eigenvalue weighted by Crippen LogP contribution is -2.55. The standard InChI is InChI=1S/C21H26F4N4O5/c22-16(23)10-28(9-12-2-1-3-12)18(19(26)31)20(32)27-14-5-4-13(8-15(14)34-21(24)25)29-6-7-33-11-17(29)30/h4-5,8,12,16,18,21H,1-3,6-7,9-11H2,(H2,26,31)(H,27,32)/t18-/m1/s1. The number of primary amides is 1. The molecule has 2 aliphatic rings. The number of halogens is 4. The zero-order chi connectivity index (χ0) is 24.8. The van der Waals surface area contributed by atoms with Gasteiger partial charge in [-0.25, -0.2) is 8.78 Å². The van der Waals surface area contributed by atoms with Crippen LogP contribution in [0.4, 0.5) is 28.9 Å². The van der Waals surface area contributed by atoms with E-state index in [0.717, 1.165) is 30.2 Å². The van der Waals surface area contributed by atoms with Gasteiger partial charge in [0.2, 0.25) is 5.91 Å². The lowest BCUT2D eigenvalue weighted by atomic mass is 9.85. The van der Waals surface area contributed by atoms with Crippen LogP contribution in [0.3, 0.4) is 0 Å². The molecule has 0 unspecified atom stereocenters. The van der Waals surface area contributed by atoms with E-state index >= 15 is 0 Å². The van der Waals surface area contributed by atoms with E-state index in [0.29, 0.717) is 0 Å². The Balaban J connectivity index is 1.84. The van der Waals surface area contributed by atoms with Crippen LogP contribution < -0.4 is 20.7 Å². The van der Waals surface area contributed by atoms with E-state index in [4.69, 9.17) is 10.5 Å². The molecule has 0 bridgehead atoms. The second-order valence-corrected chi connectivity index (χ2v) is 8.09. The average Bonchev–Trinajstić information content (AvgIpc) is 2.71. The van der Waals surface area contributed by atoms with Crippen LogP contribution in [0, 0.1) is 5.92 Å². The number of ether oxygens (including phenoxy) is 2. The molecular formula is C21H26F4N4O5. The van der Waals surface area contributed by atoms with Crippen molar-refractivity contribution >= 4 is 29.1 Å². The molecule has 1 aliphatic carbocycles. The first-order chi connectivity index (χ1) is 16.2. The Morgan fingerprint density at radius 3 is 2.56 bits per heavy atom. The van der Waals surface area contributed by atoms with Gasteiger partial charge in [-0.2, -0.15) is 8.78 Å². The molecule has 0 aromatic heterocycles. The third kappa shape index (κ3) is 6.56. The topological polar surface area (TPSA) is 114 Å². The van der Waals surface area contributed by atoms with Crippen molar-refractivity contribution in [1.82, 2.24) is 4.90 Å². The summed E-state index contributed by atoms with van der Waals surface area (Å²) in [6, 6.07) is 2.00. The Morgan fingerprint density at radius 2 is 2.00 bits per heavy atom. The van der Waals surface area contributed by atoms with Crippen LogP contribution in [-0.2, 0) is 19.1 Å². The molecule has 1 aromatic rings. The highest BCUT2D eigenvalue weighted by molar-refractivity contribution is 6.10. The molecule has 0 radical (unpaired) electrons. The number of anilines is 2. The molecule has 3 N–H and O–H groups in total. The maximum absolute atomic E-state index is 13.2. The van der Waals surface area contributed by atoms with Crippen molar-refractivity contribution < 1.29 is 41.4 Å². The molecule has 1 heterocycles. The van der Waals surface area contributed by atoms with Crippen LogP contribution in [0.5, 0.6) is 5.75 Å². The summed E-state index contributed by atoms with van der Waals surface area (Å²) < 4.78 is 61.9. The lowest BCUT2D eigenvalue weighted by molar-refractivity contribution is -0.134. The Bertz CT molecular complexity index is 900. The zero-order valence-electron chi connectivity index (χ0n) is 18.2.